The predicted molar refractivity (Wildman–Crippen MR) is 123 cm³/mol. The lowest BCUT2D eigenvalue weighted by atomic mass is 9.88. The van der Waals surface area contributed by atoms with Gasteiger partial charge in [-0.05, 0) is 24.0 Å². The van der Waals surface area contributed by atoms with E-state index in [2.05, 4.69) is 10.1 Å². The van der Waals surface area contributed by atoms with Gasteiger partial charge in [-0.2, -0.15) is 4.98 Å². The Kier molecular flexibility index (Phi) is 5.79. The van der Waals surface area contributed by atoms with Gasteiger partial charge in [-0.3, -0.25) is 4.79 Å². The summed E-state index contributed by atoms with van der Waals surface area (Å²) in [4.78, 5) is 20.4. The molecule has 1 amide bonds. The Morgan fingerprint density at radius 2 is 1.47 bits per heavy atom. The first-order valence-electron chi connectivity index (χ1n) is 11.1. The number of carbonyl (C=O) groups is 1. The first-order valence-corrected chi connectivity index (χ1v) is 11.1. The van der Waals surface area contributed by atoms with Gasteiger partial charge in [-0.25, -0.2) is 0 Å². The second-order valence-corrected chi connectivity index (χ2v) is 8.20. The summed E-state index contributed by atoms with van der Waals surface area (Å²) in [6, 6.07) is 29.8. The molecule has 0 saturated carbocycles. The molecule has 1 atom stereocenters. The summed E-state index contributed by atoms with van der Waals surface area (Å²) in [6.07, 6.45) is 1.84. The van der Waals surface area contributed by atoms with Crippen LogP contribution in [0.5, 0.6) is 0 Å². The Labute approximate surface area is 187 Å². The van der Waals surface area contributed by atoms with Crippen molar-refractivity contribution in [1.82, 2.24) is 15.0 Å². The molecule has 0 aliphatic carbocycles. The van der Waals surface area contributed by atoms with Crippen LogP contribution < -0.4 is 0 Å². The van der Waals surface area contributed by atoms with Crippen molar-refractivity contribution in [2.45, 2.75) is 24.7 Å². The minimum absolute atomic E-state index is 0.0462. The molecule has 160 valence electrons. The highest BCUT2D eigenvalue weighted by atomic mass is 16.5. The predicted octanol–water partition coefficient (Wildman–Crippen LogP) is 5.27. The number of rotatable bonds is 5. The molecule has 5 heteroatoms. The molecule has 1 saturated heterocycles. The van der Waals surface area contributed by atoms with Gasteiger partial charge in [-0.1, -0.05) is 96.2 Å². The molecule has 5 nitrogen and oxygen atoms in total. The quantitative estimate of drug-likeness (QED) is 0.438. The van der Waals surface area contributed by atoms with Gasteiger partial charge in [-0.15, -0.1) is 0 Å². The first kappa shape index (κ1) is 20.2. The summed E-state index contributed by atoms with van der Waals surface area (Å²) >= 11 is 0. The highest BCUT2D eigenvalue weighted by molar-refractivity contribution is 5.87. The van der Waals surface area contributed by atoms with Gasteiger partial charge in [0.1, 0.15) is 0 Å². The van der Waals surface area contributed by atoms with Crippen LogP contribution >= 0.6 is 0 Å². The normalized spacial score (nSPS) is 16.3. The standard InChI is InChI=1S/C27H25N3O2/c31-27(24(20-11-4-1-5-12-20)21-13-6-2-7-14-21)30-18-10-17-23(19-30)26-28-25(29-32-26)22-15-8-3-9-16-22/h1-9,11-16,23-24H,10,17-19H2/t23-/m0/s1. The number of hydrogen-bond acceptors (Lipinski definition) is 4. The molecule has 1 aromatic heterocycles. The molecule has 0 spiro atoms. The Bertz CT molecular complexity index is 1120. The van der Waals surface area contributed by atoms with Crippen molar-refractivity contribution >= 4 is 5.91 Å². The molecule has 0 N–H and O–H groups in total. The molecule has 5 rings (SSSR count). The van der Waals surface area contributed by atoms with Crippen LogP contribution in [0.1, 0.15) is 41.7 Å². The Balaban J connectivity index is 1.38. The van der Waals surface area contributed by atoms with E-state index >= 15 is 0 Å². The largest absolute Gasteiger partial charge is 0.341 e. The van der Waals surface area contributed by atoms with Crippen molar-refractivity contribution in [3.05, 3.63) is 108 Å². The smallest absolute Gasteiger partial charge is 0.234 e. The highest BCUT2D eigenvalue weighted by Gasteiger charge is 2.33. The zero-order valence-corrected chi connectivity index (χ0v) is 17.8. The molecule has 0 bridgehead atoms. The monoisotopic (exact) mass is 423 g/mol. The lowest BCUT2D eigenvalue weighted by Gasteiger charge is -2.34. The molecule has 2 heterocycles. The van der Waals surface area contributed by atoms with Crippen LogP contribution in [0.15, 0.2) is 95.5 Å². The van der Waals surface area contributed by atoms with Crippen LogP contribution in [0.25, 0.3) is 11.4 Å². The maximum absolute atomic E-state index is 13.8. The van der Waals surface area contributed by atoms with Gasteiger partial charge in [0.2, 0.25) is 17.6 Å². The van der Waals surface area contributed by atoms with E-state index in [1.807, 2.05) is 95.9 Å². The maximum Gasteiger partial charge on any atom is 0.234 e. The van der Waals surface area contributed by atoms with E-state index in [9.17, 15) is 4.79 Å². The van der Waals surface area contributed by atoms with Crippen LogP contribution in [0.2, 0.25) is 0 Å². The number of amides is 1. The van der Waals surface area contributed by atoms with Crippen molar-refractivity contribution in [3.63, 3.8) is 0 Å². The molecule has 32 heavy (non-hydrogen) atoms. The lowest BCUT2D eigenvalue weighted by molar-refractivity contribution is -0.133. The van der Waals surface area contributed by atoms with Crippen molar-refractivity contribution in [3.8, 4) is 11.4 Å². The maximum atomic E-state index is 13.8. The topological polar surface area (TPSA) is 59.2 Å². The van der Waals surface area contributed by atoms with Crippen LogP contribution in [-0.4, -0.2) is 34.0 Å². The average Bonchev–Trinajstić information content (AvgIpc) is 3.37. The summed E-state index contributed by atoms with van der Waals surface area (Å²) in [5.41, 5.74) is 2.95. The van der Waals surface area contributed by atoms with E-state index in [0.29, 0.717) is 18.3 Å². The van der Waals surface area contributed by atoms with Crippen LogP contribution in [-0.2, 0) is 4.79 Å². The molecular weight excluding hydrogens is 398 g/mol. The fraction of sp³-hybridized carbons (Fsp3) is 0.222. The van der Waals surface area contributed by atoms with E-state index in [1.165, 1.54) is 0 Å². The van der Waals surface area contributed by atoms with Crippen molar-refractivity contribution < 1.29 is 9.32 Å². The minimum Gasteiger partial charge on any atom is -0.341 e. The number of benzene rings is 3. The molecule has 4 aromatic rings. The van der Waals surface area contributed by atoms with Crippen LogP contribution in [0, 0.1) is 0 Å². The third-order valence-corrected chi connectivity index (χ3v) is 6.07. The SMILES string of the molecule is O=C(C(c1ccccc1)c1ccccc1)N1CCC[C@H](c2nc(-c3ccccc3)no2)C1. The lowest BCUT2D eigenvalue weighted by Crippen LogP contribution is -2.42. The zero-order valence-electron chi connectivity index (χ0n) is 17.8. The fourth-order valence-electron chi connectivity index (χ4n) is 4.44. The number of hydrogen-bond donors (Lipinski definition) is 0. The van der Waals surface area contributed by atoms with E-state index in [4.69, 9.17) is 4.52 Å². The molecular formula is C27H25N3O2. The molecule has 0 radical (unpaired) electrons. The van der Waals surface area contributed by atoms with Gasteiger partial charge in [0.25, 0.3) is 0 Å². The second kappa shape index (κ2) is 9.18. The number of carbonyl (C=O) groups excluding carboxylic acids is 1. The summed E-state index contributed by atoms with van der Waals surface area (Å²) in [5.74, 6) is 1.05. The Hall–Kier alpha value is -3.73. The highest BCUT2D eigenvalue weighted by Crippen LogP contribution is 2.32. The molecule has 1 fully saturated rings. The second-order valence-electron chi connectivity index (χ2n) is 8.20. The molecule has 0 unspecified atom stereocenters. The molecule has 1 aliphatic rings. The number of likely N-dealkylation sites (tertiary alicyclic amines) is 1. The summed E-state index contributed by atoms with van der Waals surface area (Å²) in [7, 11) is 0. The minimum atomic E-state index is -0.321. The van der Waals surface area contributed by atoms with Crippen molar-refractivity contribution in [2.75, 3.05) is 13.1 Å². The number of piperidine rings is 1. The number of aromatic nitrogens is 2. The molecule has 3 aromatic carbocycles. The Morgan fingerprint density at radius 3 is 2.09 bits per heavy atom. The fourth-order valence-corrected chi connectivity index (χ4v) is 4.44. The van der Waals surface area contributed by atoms with Gasteiger partial charge in [0.05, 0.1) is 11.8 Å². The summed E-state index contributed by atoms with van der Waals surface area (Å²) < 4.78 is 5.62. The third-order valence-electron chi connectivity index (χ3n) is 6.07. The van der Waals surface area contributed by atoms with Gasteiger partial charge in [0, 0.05) is 18.7 Å². The number of nitrogens with zero attached hydrogens (tertiary/aromatic N) is 3. The molecule has 1 aliphatic heterocycles. The first-order chi connectivity index (χ1) is 15.8. The third kappa shape index (κ3) is 4.19. The average molecular weight is 424 g/mol. The van der Waals surface area contributed by atoms with Crippen LogP contribution in [0.3, 0.4) is 0 Å². The van der Waals surface area contributed by atoms with Gasteiger partial charge >= 0.3 is 0 Å². The van der Waals surface area contributed by atoms with E-state index in [0.717, 1.165) is 36.1 Å². The van der Waals surface area contributed by atoms with Gasteiger partial charge in [0.15, 0.2) is 0 Å². The summed E-state index contributed by atoms with van der Waals surface area (Å²) in [6.45, 7) is 1.33. The van der Waals surface area contributed by atoms with Crippen LogP contribution in [0.4, 0.5) is 0 Å². The van der Waals surface area contributed by atoms with E-state index < -0.39 is 0 Å². The van der Waals surface area contributed by atoms with E-state index in [1.54, 1.807) is 0 Å². The van der Waals surface area contributed by atoms with Crippen molar-refractivity contribution in [2.24, 2.45) is 0 Å². The summed E-state index contributed by atoms with van der Waals surface area (Å²) in [5, 5.41) is 4.17. The van der Waals surface area contributed by atoms with Crippen molar-refractivity contribution in [1.29, 1.82) is 0 Å². The Morgan fingerprint density at radius 1 is 0.875 bits per heavy atom. The van der Waals surface area contributed by atoms with Gasteiger partial charge < -0.3 is 9.42 Å². The zero-order chi connectivity index (χ0) is 21.8. The van der Waals surface area contributed by atoms with E-state index in [-0.39, 0.29) is 17.7 Å².